The lowest BCUT2D eigenvalue weighted by molar-refractivity contribution is 0.429. The Bertz CT molecular complexity index is 345. The number of nitrogens with one attached hydrogen (secondary N) is 2. The van der Waals surface area contributed by atoms with Crippen molar-refractivity contribution in [1.29, 1.82) is 5.26 Å². The maximum Gasteiger partial charge on any atom is 0.183 e. The first-order valence-corrected chi connectivity index (χ1v) is 6.16. The quantitative estimate of drug-likeness (QED) is 0.737. The molecule has 0 spiro atoms. The van der Waals surface area contributed by atoms with E-state index in [1.54, 1.807) is 11.8 Å². The van der Waals surface area contributed by atoms with Gasteiger partial charge in [0.05, 0.1) is 6.07 Å². The Labute approximate surface area is 100 Å². The average Bonchev–Trinajstić information content (AvgIpc) is 2.70. The van der Waals surface area contributed by atoms with E-state index >= 15 is 0 Å². The van der Waals surface area contributed by atoms with Crippen LogP contribution in [0.5, 0.6) is 0 Å². The average molecular weight is 239 g/mol. The number of thioether (sulfide) groups is 1. The smallest absolute Gasteiger partial charge is 0.183 e. The predicted molar refractivity (Wildman–Crippen MR) is 64.0 cm³/mol. The molecule has 2 unspecified atom stereocenters. The van der Waals surface area contributed by atoms with E-state index in [2.05, 4.69) is 33.5 Å². The van der Waals surface area contributed by atoms with Crippen LogP contribution >= 0.6 is 11.8 Å². The number of aromatic nitrogens is 3. The zero-order chi connectivity index (χ0) is 12.0. The van der Waals surface area contributed by atoms with Crippen LogP contribution in [0.25, 0.3) is 0 Å². The minimum atomic E-state index is -0.471. The maximum atomic E-state index is 9.13. The highest BCUT2D eigenvalue weighted by atomic mass is 32.2. The molecule has 0 aromatic carbocycles. The van der Waals surface area contributed by atoms with Crippen LogP contribution in [0.2, 0.25) is 0 Å². The first-order valence-electron chi connectivity index (χ1n) is 5.28. The summed E-state index contributed by atoms with van der Waals surface area (Å²) >= 11 is 1.60. The van der Waals surface area contributed by atoms with E-state index in [0.29, 0.717) is 5.25 Å². The Morgan fingerprint density at radius 2 is 2.50 bits per heavy atom. The van der Waals surface area contributed by atoms with Crippen molar-refractivity contribution in [3.05, 3.63) is 6.33 Å². The lowest BCUT2D eigenvalue weighted by Gasteiger charge is -2.25. The molecule has 5 nitrogen and oxygen atoms in total. The second kappa shape index (κ2) is 5.87. The molecule has 1 aromatic heterocycles. The van der Waals surface area contributed by atoms with Gasteiger partial charge in [0, 0.05) is 5.25 Å². The molecule has 0 saturated carbocycles. The molecule has 0 radical (unpaired) electrons. The van der Waals surface area contributed by atoms with Crippen LogP contribution in [-0.2, 0) is 0 Å². The molecule has 0 fully saturated rings. The summed E-state index contributed by atoms with van der Waals surface area (Å²) in [6.07, 6.45) is 2.26. The normalized spacial score (nSPS) is 16.4. The minimum absolute atomic E-state index is 0.302. The van der Waals surface area contributed by atoms with Crippen molar-refractivity contribution in [2.45, 2.75) is 43.1 Å². The van der Waals surface area contributed by atoms with Crippen LogP contribution in [0.4, 0.5) is 0 Å². The highest BCUT2D eigenvalue weighted by Gasteiger charge is 2.25. The van der Waals surface area contributed by atoms with Gasteiger partial charge in [0.1, 0.15) is 11.9 Å². The van der Waals surface area contributed by atoms with Crippen molar-refractivity contribution >= 4 is 11.8 Å². The summed E-state index contributed by atoms with van der Waals surface area (Å²) in [5, 5.41) is 20.0. The predicted octanol–water partition coefficient (Wildman–Crippen LogP) is 1.57. The van der Waals surface area contributed by atoms with Gasteiger partial charge in [-0.3, -0.25) is 10.4 Å². The standard InChI is InChI=1S/C10H17N5S/c1-4-13-10(3,6-11)5-8(2)16-9-12-7-14-15-9/h7-8,13H,4-5H2,1-3H3,(H,12,14,15). The molecule has 2 atom stereocenters. The molecule has 0 bridgehead atoms. The summed E-state index contributed by atoms with van der Waals surface area (Å²) in [6, 6.07) is 2.32. The fourth-order valence-corrected chi connectivity index (χ4v) is 2.62. The molecule has 0 amide bonds. The van der Waals surface area contributed by atoms with Crippen LogP contribution in [0.3, 0.4) is 0 Å². The molecule has 16 heavy (non-hydrogen) atoms. The fourth-order valence-electron chi connectivity index (χ4n) is 1.61. The van der Waals surface area contributed by atoms with Crippen LogP contribution in [0.15, 0.2) is 11.5 Å². The van der Waals surface area contributed by atoms with Crippen molar-refractivity contribution in [1.82, 2.24) is 20.5 Å². The van der Waals surface area contributed by atoms with E-state index in [4.69, 9.17) is 5.26 Å². The molecule has 0 aliphatic heterocycles. The summed E-state index contributed by atoms with van der Waals surface area (Å²) in [4.78, 5) is 4.05. The van der Waals surface area contributed by atoms with Gasteiger partial charge in [-0.1, -0.05) is 25.6 Å². The molecule has 88 valence electrons. The van der Waals surface area contributed by atoms with E-state index in [0.717, 1.165) is 18.1 Å². The third-order valence-electron chi connectivity index (χ3n) is 2.22. The SMILES string of the molecule is CCNC(C)(C#N)CC(C)Sc1ncn[nH]1. The molecule has 1 aromatic rings. The van der Waals surface area contributed by atoms with Crippen LogP contribution in [0, 0.1) is 11.3 Å². The second-order valence-corrected chi connectivity index (χ2v) is 5.32. The topological polar surface area (TPSA) is 77.4 Å². The van der Waals surface area contributed by atoms with Gasteiger partial charge in [-0.15, -0.1) is 0 Å². The molecule has 0 aliphatic carbocycles. The van der Waals surface area contributed by atoms with Crippen molar-refractivity contribution in [3.63, 3.8) is 0 Å². The Balaban J connectivity index is 2.50. The van der Waals surface area contributed by atoms with Gasteiger partial charge in [-0.05, 0) is 19.9 Å². The van der Waals surface area contributed by atoms with Crippen molar-refractivity contribution in [2.75, 3.05) is 6.54 Å². The monoisotopic (exact) mass is 239 g/mol. The Kier molecular flexibility index (Phi) is 4.77. The van der Waals surface area contributed by atoms with Crippen LogP contribution < -0.4 is 5.32 Å². The molecule has 0 aliphatic rings. The van der Waals surface area contributed by atoms with E-state index in [1.165, 1.54) is 6.33 Å². The van der Waals surface area contributed by atoms with E-state index < -0.39 is 5.54 Å². The summed E-state index contributed by atoms with van der Waals surface area (Å²) in [5.74, 6) is 0. The van der Waals surface area contributed by atoms with Crippen LogP contribution in [0.1, 0.15) is 27.2 Å². The number of rotatable bonds is 6. The maximum absolute atomic E-state index is 9.13. The second-order valence-electron chi connectivity index (χ2n) is 3.90. The number of hydrogen-bond donors (Lipinski definition) is 2. The fraction of sp³-hybridized carbons (Fsp3) is 0.700. The Morgan fingerprint density at radius 3 is 3.00 bits per heavy atom. The van der Waals surface area contributed by atoms with Gasteiger partial charge >= 0.3 is 0 Å². The summed E-state index contributed by atoms with van der Waals surface area (Å²) in [7, 11) is 0. The molecular weight excluding hydrogens is 222 g/mol. The van der Waals surface area contributed by atoms with Crippen LogP contribution in [-0.4, -0.2) is 32.5 Å². The van der Waals surface area contributed by atoms with Gasteiger partial charge < -0.3 is 0 Å². The largest absolute Gasteiger partial charge is 0.300 e. The number of nitriles is 1. The van der Waals surface area contributed by atoms with Gasteiger partial charge in [-0.2, -0.15) is 10.4 Å². The first-order chi connectivity index (χ1) is 7.59. The summed E-state index contributed by atoms with van der Waals surface area (Å²) < 4.78 is 0. The van der Waals surface area contributed by atoms with Crippen molar-refractivity contribution in [2.24, 2.45) is 0 Å². The van der Waals surface area contributed by atoms with Crippen molar-refractivity contribution < 1.29 is 0 Å². The molecule has 1 heterocycles. The minimum Gasteiger partial charge on any atom is -0.300 e. The molecule has 1 rings (SSSR count). The van der Waals surface area contributed by atoms with Gasteiger partial charge in [-0.25, -0.2) is 4.98 Å². The summed E-state index contributed by atoms with van der Waals surface area (Å²) in [5.41, 5.74) is -0.471. The van der Waals surface area contributed by atoms with E-state index in [1.807, 2.05) is 13.8 Å². The Hall–Kier alpha value is -1.06. The van der Waals surface area contributed by atoms with Crippen molar-refractivity contribution in [3.8, 4) is 6.07 Å². The Morgan fingerprint density at radius 1 is 1.75 bits per heavy atom. The number of aromatic amines is 1. The molecular formula is C10H17N5S. The lowest BCUT2D eigenvalue weighted by atomic mass is 9.98. The number of H-pyrrole nitrogens is 1. The van der Waals surface area contributed by atoms with E-state index in [-0.39, 0.29) is 0 Å². The third-order valence-corrected chi connectivity index (χ3v) is 3.20. The van der Waals surface area contributed by atoms with E-state index in [9.17, 15) is 0 Å². The lowest BCUT2D eigenvalue weighted by Crippen LogP contribution is -2.42. The number of hydrogen-bond acceptors (Lipinski definition) is 5. The molecule has 6 heteroatoms. The first kappa shape index (κ1) is 13.0. The number of nitrogens with zero attached hydrogens (tertiary/aromatic N) is 3. The zero-order valence-electron chi connectivity index (χ0n) is 9.82. The van der Waals surface area contributed by atoms with Gasteiger partial charge in [0.15, 0.2) is 5.16 Å². The third kappa shape index (κ3) is 3.83. The highest BCUT2D eigenvalue weighted by Crippen LogP contribution is 2.25. The molecule has 0 saturated heterocycles. The highest BCUT2D eigenvalue weighted by molar-refractivity contribution is 7.99. The molecule has 2 N–H and O–H groups in total. The van der Waals surface area contributed by atoms with Gasteiger partial charge in [0.25, 0.3) is 0 Å². The zero-order valence-corrected chi connectivity index (χ0v) is 10.6. The van der Waals surface area contributed by atoms with Gasteiger partial charge in [0.2, 0.25) is 0 Å². The summed E-state index contributed by atoms with van der Waals surface area (Å²) in [6.45, 7) is 6.81.